The van der Waals surface area contributed by atoms with Crippen molar-refractivity contribution in [2.45, 2.75) is 23.8 Å². The van der Waals surface area contributed by atoms with Crippen LogP contribution in [0.3, 0.4) is 0 Å². The highest BCUT2D eigenvalue weighted by atomic mass is 32.2. The van der Waals surface area contributed by atoms with Gasteiger partial charge in [0.15, 0.2) is 0 Å². The Balaban J connectivity index is 1.91. The second-order valence-electron chi connectivity index (χ2n) is 5.50. The average molecular weight is 307 g/mol. The first kappa shape index (κ1) is 14.2. The first-order valence-electron chi connectivity index (χ1n) is 7.16. The number of fused-ring (bicyclic) bond motifs is 1. The van der Waals surface area contributed by atoms with Crippen LogP contribution in [0.2, 0.25) is 0 Å². The molecular formula is C15H21N3S2. The molecule has 1 aromatic rings. The minimum atomic E-state index is 0.513. The lowest BCUT2D eigenvalue weighted by Crippen LogP contribution is -2.50. The molecule has 0 aliphatic carbocycles. The van der Waals surface area contributed by atoms with E-state index in [9.17, 15) is 0 Å². The molecule has 0 saturated carbocycles. The number of benzene rings is 1. The van der Waals surface area contributed by atoms with Crippen LogP contribution in [-0.2, 0) is 0 Å². The van der Waals surface area contributed by atoms with E-state index in [1.165, 1.54) is 30.0 Å². The zero-order valence-corrected chi connectivity index (χ0v) is 13.5. The van der Waals surface area contributed by atoms with Gasteiger partial charge in [0, 0.05) is 41.8 Å². The third kappa shape index (κ3) is 2.54. The van der Waals surface area contributed by atoms with Crippen molar-refractivity contribution < 1.29 is 0 Å². The lowest BCUT2D eigenvalue weighted by atomic mass is 10.1. The summed E-state index contributed by atoms with van der Waals surface area (Å²) in [5.74, 6) is 0. The third-order valence-corrected chi connectivity index (χ3v) is 5.38. The molecule has 2 aliphatic rings. The predicted octanol–water partition coefficient (Wildman–Crippen LogP) is 2.33. The number of thioether (sulfide) groups is 1. The van der Waals surface area contributed by atoms with E-state index in [1.807, 2.05) is 0 Å². The van der Waals surface area contributed by atoms with Gasteiger partial charge in [-0.25, -0.2) is 0 Å². The molecule has 20 heavy (non-hydrogen) atoms. The first-order chi connectivity index (χ1) is 9.70. The summed E-state index contributed by atoms with van der Waals surface area (Å²) >= 11 is 7.01. The van der Waals surface area contributed by atoms with Gasteiger partial charge in [-0.15, -0.1) is 11.8 Å². The van der Waals surface area contributed by atoms with E-state index in [4.69, 9.17) is 18.0 Å². The molecule has 2 saturated heterocycles. The molecule has 108 valence electrons. The topological polar surface area (TPSA) is 32.5 Å². The molecule has 1 atom stereocenters. The summed E-state index contributed by atoms with van der Waals surface area (Å²) in [5.41, 5.74) is 8.26. The number of rotatable bonds is 3. The standard InChI is InChI=1S/C15H21N3S2/c1-20-13-6-2-5-12(14(13)15(16)19)18-9-8-17-7-3-4-11(17)10-18/h2,5-6,11H,3-4,7-10H2,1H3,(H2,16,19). The SMILES string of the molecule is CSc1cccc(N2CCN3CCCC3C2)c1C(N)=S. The Kier molecular flexibility index (Phi) is 4.19. The van der Waals surface area contributed by atoms with Crippen molar-refractivity contribution in [2.75, 3.05) is 37.3 Å². The number of thiocarbonyl (C=S) groups is 1. The van der Waals surface area contributed by atoms with Gasteiger partial charge in [0.25, 0.3) is 0 Å². The highest BCUT2D eigenvalue weighted by Gasteiger charge is 2.31. The molecule has 0 bridgehead atoms. The molecule has 0 spiro atoms. The van der Waals surface area contributed by atoms with E-state index in [0.717, 1.165) is 25.2 Å². The summed E-state index contributed by atoms with van der Waals surface area (Å²) in [6, 6.07) is 7.10. The number of piperazine rings is 1. The van der Waals surface area contributed by atoms with Crippen molar-refractivity contribution in [3.8, 4) is 0 Å². The fourth-order valence-corrected chi connectivity index (χ4v) is 4.32. The number of anilines is 1. The van der Waals surface area contributed by atoms with Crippen molar-refractivity contribution in [2.24, 2.45) is 5.73 Å². The van der Waals surface area contributed by atoms with E-state index in [1.54, 1.807) is 11.8 Å². The van der Waals surface area contributed by atoms with Gasteiger partial charge >= 0.3 is 0 Å². The van der Waals surface area contributed by atoms with Crippen molar-refractivity contribution in [1.82, 2.24) is 4.90 Å². The van der Waals surface area contributed by atoms with E-state index in [0.29, 0.717) is 11.0 Å². The minimum absolute atomic E-state index is 0.513. The molecule has 2 aliphatic heterocycles. The Labute approximate surface area is 130 Å². The van der Waals surface area contributed by atoms with Crippen LogP contribution in [0.25, 0.3) is 0 Å². The van der Waals surface area contributed by atoms with Crippen LogP contribution in [0.5, 0.6) is 0 Å². The third-order valence-electron chi connectivity index (χ3n) is 4.40. The molecule has 2 N–H and O–H groups in total. The molecule has 1 aromatic carbocycles. The molecule has 1 unspecified atom stereocenters. The maximum absolute atomic E-state index is 5.99. The Bertz CT molecular complexity index is 518. The molecule has 0 aromatic heterocycles. The van der Waals surface area contributed by atoms with Gasteiger partial charge in [-0.1, -0.05) is 18.3 Å². The molecular weight excluding hydrogens is 286 g/mol. The second kappa shape index (κ2) is 5.92. The summed E-state index contributed by atoms with van der Waals surface area (Å²) in [7, 11) is 0. The maximum Gasteiger partial charge on any atom is 0.107 e. The van der Waals surface area contributed by atoms with E-state index < -0.39 is 0 Å². The molecule has 3 nitrogen and oxygen atoms in total. The highest BCUT2D eigenvalue weighted by molar-refractivity contribution is 7.98. The van der Waals surface area contributed by atoms with Gasteiger partial charge in [-0.05, 0) is 37.8 Å². The summed E-state index contributed by atoms with van der Waals surface area (Å²) < 4.78 is 0. The van der Waals surface area contributed by atoms with E-state index in [-0.39, 0.29) is 0 Å². The summed E-state index contributed by atoms with van der Waals surface area (Å²) in [4.78, 5) is 6.79. The largest absolute Gasteiger partial charge is 0.389 e. The van der Waals surface area contributed by atoms with Gasteiger partial charge in [0.1, 0.15) is 4.99 Å². The number of hydrogen-bond acceptors (Lipinski definition) is 4. The lowest BCUT2D eigenvalue weighted by molar-refractivity contribution is 0.231. The van der Waals surface area contributed by atoms with Gasteiger partial charge in [0.05, 0.1) is 0 Å². The second-order valence-corrected chi connectivity index (χ2v) is 6.78. The number of nitrogens with zero attached hydrogens (tertiary/aromatic N) is 2. The van der Waals surface area contributed by atoms with Gasteiger partial charge in [-0.2, -0.15) is 0 Å². The molecule has 0 amide bonds. The summed E-state index contributed by atoms with van der Waals surface area (Å²) in [5, 5.41) is 0. The number of nitrogens with two attached hydrogens (primary N) is 1. The van der Waals surface area contributed by atoms with Gasteiger partial charge in [-0.3, -0.25) is 4.90 Å². The Morgan fingerprint density at radius 3 is 2.95 bits per heavy atom. The fraction of sp³-hybridized carbons (Fsp3) is 0.533. The quantitative estimate of drug-likeness (QED) is 0.684. The molecule has 0 radical (unpaired) electrons. The minimum Gasteiger partial charge on any atom is -0.389 e. The van der Waals surface area contributed by atoms with Crippen molar-refractivity contribution in [3.05, 3.63) is 23.8 Å². The first-order valence-corrected chi connectivity index (χ1v) is 8.80. The van der Waals surface area contributed by atoms with Crippen LogP contribution >= 0.6 is 24.0 Å². The van der Waals surface area contributed by atoms with Crippen molar-refractivity contribution in [3.63, 3.8) is 0 Å². The molecule has 2 fully saturated rings. The predicted molar refractivity (Wildman–Crippen MR) is 90.9 cm³/mol. The fourth-order valence-electron chi connectivity index (χ4n) is 3.41. The Morgan fingerprint density at radius 1 is 1.35 bits per heavy atom. The normalized spacial score (nSPS) is 22.9. The van der Waals surface area contributed by atoms with Crippen LogP contribution in [0.1, 0.15) is 18.4 Å². The van der Waals surface area contributed by atoms with Crippen molar-refractivity contribution >= 4 is 34.7 Å². The van der Waals surface area contributed by atoms with Crippen LogP contribution in [-0.4, -0.2) is 48.4 Å². The Hall–Kier alpha value is -0.780. The van der Waals surface area contributed by atoms with Crippen LogP contribution in [0.4, 0.5) is 5.69 Å². The van der Waals surface area contributed by atoms with Crippen LogP contribution in [0.15, 0.2) is 23.1 Å². The van der Waals surface area contributed by atoms with Crippen molar-refractivity contribution in [1.29, 1.82) is 0 Å². The van der Waals surface area contributed by atoms with Crippen LogP contribution < -0.4 is 10.6 Å². The Morgan fingerprint density at radius 2 is 2.20 bits per heavy atom. The average Bonchev–Trinajstić information content (AvgIpc) is 2.93. The van der Waals surface area contributed by atoms with Gasteiger partial charge < -0.3 is 10.6 Å². The molecule has 5 heteroatoms. The van der Waals surface area contributed by atoms with Gasteiger partial charge in [0.2, 0.25) is 0 Å². The van der Waals surface area contributed by atoms with E-state index >= 15 is 0 Å². The smallest absolute Gasteiger partial charge is 0.107 e. The van der Waals surface area contributed by atoms with E-state index in [2.05, 4.69) is 34.3 Å². The lowest BCUT2D eigenvalue weighted by Gasteiger charge is -2.39. The molecule has 3 rings (SSSR count). The maximum atomic E-state index is 5.99. The zero-order chi connectivity index (χ0) is 14.1. The molecule has 2 heterocycles. The zero-order valence-electron chi connectivity index (χ0n) is 11.8. The highest BCUT2D eigenvalue weighted by Crippen LogP contribution is 2.32. The summed E-state index contributed by atoms with van der Waals surface area (Å²) in [6.07, 6.45) is 4.74. The van der Waals surface area contributed by atoms with Crippen LogP contribution in [0, 0.1) is 0 Å². The number of hydrogen-bond donors (Lipinski definition) is 1. The monoisotopic (exact) mass is 307 g/mol. The summed E-state index contributed by atoms with van der Waals surface area (Å²) in [6.45, 7) is 4.61.